The van der Waals surface area contributed by atoms with Crippen LogP contribution in [0.4, 0.5) is 0 Å². The number of carbonyl (C=O) groups excluding carboxylic acids is 2. The number of carbonyl (C=O) groups is 2. The maximum absolute atomic E-state index is 12.3. The van der Waals surface area contributed by atoms with Crippen LogP contribution >= 0.6 is 0 Å². The quantitative estimate of drug-likeness (QED) is 0.0373. The lowest BCUT2D eigenvalue weighted by molar-refractivity contribution is -0.161. The maximum atomic E-state index is 12.3. The molecule has 0 aliphatic carbocycles. The maximum Gasteiger partial charge on any atom is 0.306 e. The molecule has 0 aliphatic heterocycles. The van der Waals surface area contributed by atoms with Gasteiger partial charge in [0.25, 0.3) is 0 Å². The Balaban J connectivity index is 3.48. The van der Waals surface area contributed by atoms with Crippen LogP contribution in [0.1, 0.15) is 284 Å². The van der Waals surface area contributed by atoms with Crippen LogP contribution < -0.4 is 0 Å². The first kappa shape index (κ1) is 68.6. The van der Waals surface area contributed by atoms with Crippen LogP contribution in [0.25, 0.3) is 0 Å². The number of allylic oxidation sites excluding steroid dienone is 18. The Bertz CT molecular complexity index is 1410. The topological polar surface area (TPSA) is 72.8 Å². The summed E-state index contributed by atoms with van der Waals surface area (Å²) in [6, 6.07) is 0. The van der Waals surface area contributed by atoms with E-state index >= 15 is 0 Å². The van der Waals surface area contributed by atoms with E-state index in [1.807, 2.05) is 0 Å². The molecule has 1 unspecified atom stereocenters. The molecule has 0 aromatic carbocycles. The molecule has 1 atom stereocenters. The van der Waals surface area contributed by atoms with E-state index in [1.54, 1.807) is 0 Å². The third kappa shape index (κ3) is 59.1. The van der Waals surface area contributed by atoms with Gasteiger partial charge >= 0.3 is 11.9 Å². The van der Waals surface area contributed by atoms with Crippen LogP contribution in [0.15, 0.2) is 109 Å². The lowest BCUT2D eigenvalue weighted by Gasteiger charge is -2.15. The fraction of sp³-hybridized carbons (Fsp3) is 0.701. The zero-order valence-electron chi connectivity index (χ0n) is 47.2. The van der Waals surface area contributed by atoms with Crippen molar-refractivity contribution >= 4 is 11.9 Å². The molecule has 0 aromatic rings. The van der Waals surface area contributed by atoms with E-state index in [0.717, 1.165) is 96.3 Å². The van der Waals surface area contributed by atoms with Gasteiger partial charge in [0.1, 0.15) is 6.61 Å². The fourth-order valence-electron chi connectivity index (χ4n) is 8.58. The van der Waals surface area contributed by atoms with Crippen LogP contribution in [0, 0.1) is 0 Å². The van der Waals surface area contributed by atoms with Gasteiger partial charge in [0, 0.05) is 12.8 Å². The summed E-state index contributed by atoms with van der Waals surface area (Å²) in [5.41, 5.74) is 0. The molecule has 0 aromatic heterocycles. The Morgan fingerprint density at radius 1 is 0.319 bits per heavy atom. The smallest absolute Gasteiger partial charge is 0.306 e. The molecule has 1 N–H and O–H groups in total. The molecule has 0 fully saturated rings. The number of aliphatic hydroxyl groups excluding tert-OH is 1. The highest BCUT2D eigenvalue weighted by atomic mass is 16.6. The highest BCUT2D eigenvalue weighted by Crippen LogP contribution is 2.17. The molecule has 0 spiro atoms. The molecule has 412 valence electrons. The lowest BCUT2D eigenvalue weighted by atomic mass is 10.0. The van der Waals surface area contributed by atoms with Crippen molar-refractivity contribution in [1.82, 2.24) is 0 Å². The zero-order chi connectivity index (χ0) is 52.0. The fourth-order valence-corrected chi connectivity index (χ4v) is 8.58. The molecule has 72 heavy (non-hydrogen) atoms. The summed E-state index contributed by atoms with van der Waals surface area (Å²) in [5, 5.41) is 9.68. The average Bonchev–Trinajstić information content (AvgIpc) is 3.38. The minimum absolute atomic E-state index is 0.0692. The van der Waals surface area contributed by atoms with E-state index < -0.39 is 6.10 Å². The van der Waals surface area contributed by atoms with Crippen molar-refractivity contribution in [2.45, 2.75) is 290 Å². The second kappa shape index (κ2) is 61.9. The van der Waals surface area contributed by atoms with Crippen molar-refractivity contribution in [2.75, 3.05) is 13.2 Å². The Kier molecular flexibility index (Phi) is 58.9. The van der Waals surface area contributed by atoms with Crippen LogP contribution in [0.3, 0.4) is 0 Å². The summed E-state index contributed by atoms with van der Waals surface area (Å²) >= 11 is 0. The van der Waals surface area contributed by atoms with Crippen LogP contribution in [-0.4, -0.2) is 36.4 Å². The second-order valence-corrected chi connectivity index (χ2v) is 20.0. The van der Waals surface area contributed by atoms with Crippen LogP contribution in [-0.2, 0) is 19.1 Å². The standard InChI is InChI=1S/C67H114O5/c1-3-5-7-9-11-13-15-17-19-21-23-25-27-29-30-31-32-33-34-35-36-38-40-42-44-46-48-50-52-54-56-58-60-62-67(70)72-65(63-68)64-71-66(69)61-59-57-55-53-51-49-47-45-43-41-39-37-28-26-24-22-20-18-16-14-12-10-8-6-4-2/h5-8,11-14,17-20,23-26,29-30,65,68H,3-4,9-10,15-16,21-22,27-28,31-64H2,1-2H3/b7-5-,8-6-,13-11-,14-12-,19-17-,20-18-,25-23-,26-24-,30-29-. The van der Waals surface area contributed by atoms with Gasteiger partial charge in [-0.1, -0.05) is 284 Å². The highest BCUT2D eigenvalue weighted by molar-refractivity contribution is 5.70. The van der Waals surface area contributed by atoms with E-state index in [0.29, 0.717) is 12.8 Å². The molecule has 0 saturated heterocycles. The number of hydrogen-bond acceptors (Lipinski definition) is 5. The first-order valence-corrected chi connectivity index (χ1v) is 30.4. The molecular formula is C67H114O5. The Labute approximate surface area is 446 Å². The van der Waals surface area contributed by atoms with Crippen molar-refractivity contribution in [1.29, 1.82) is 0 Å². The third-order valence-electron chi connectivity index (χ3n) is 13.1. The normalized spacial score (nSPS) is 13.0. The lowest BCUT2D eigenvalue weighted by Crippen LogP contribution is -2.28. The molecule has 0 heterocycles. The summed E-state index contributed by atoms with van der Waals surface area (Å²) in [4.78, 5) is 24.6. The second-order valence-electron chi connectivity index (χ2n) is 20.0. The molecule has 0 rings (SSSR count). The number of ether oxygens (including phenoxy) is 2. The van der Waals surface area contributed by atoms with Gasteiger partial charge in [0.15, 0.2) is 6.10 Å². The number of aliphatic hydroxyl groups is 1. The van der Waals surface area contributed by atoms with Gasteiger partial charge in [-0.05, 0) is 96.3 Å². The third-order valence-corrected chi connectivity index (χ3v) is 13.1. The van der Waals surface area contributed by atoms with Gasteiger partial charge < -0.3 is 14.6 Å². The van der Waals surface area contributed by atoms with Crippen molar-refractivity contribution in [3.63, 3.8) is 0 Å². The molecule has 5 heteroatoms. The summed E-state index contributed by atoms with van der Waals surface area (Å²) in [7, 11) is 0. The van der Waals surface area contributed by atoms with E-state index in [-0.39, 0.29) is 25.2 Å². The van der Waals surface area contributed by atoms with Gasteiger partial charge in [-0.2, -0.15) is 0 Å². The van der Waals surface area contributed by atoms with E-state index in [9.17, 15) is 14.7 Å². The number of esters is 2. The largest absolute Gasteiger partial charge is 0.462 e. The summed E-state index contributed by atoms with van der Waals surface area (Å²) in [6.45, 7) is 3.93. The Hall–Kier alpha value is -3.44. The van der Waals surface area contributed by atoms with Crippen molar-refractivity contribution < 1.29 is 24.2 Å². The van der Waals surface area contributed by atoms with Crippen LogP contribution in [0.2, 0.25) is 0 Å². The molecule has 0 bridgehead atoms. The Morgan fingerprint density at radius 2 is 0.556 bits per heavy atom. The van der Waals surface area contributed by atoms with Gasteiger partial charge in [0.05, 0.1) is 6.61 Å². The van der Waals surface area contributed by atoms with Gasteiger partial charge in [-0.25, -0.2) is 0 Å². The van der Waals surface area contributed by atoms with Gasteiger partial charge in [-0.3, -0.25) is 9.59 Å². The molecular weight excluding hydrogens is 885 g/mol. The SMILES string of the molecule is CC/C=C\C/C=C\C/C=C\C/C=C\C/C=C\CCCCCCCCCCCCCCCCCCCC(=O)OC(CO)COC(=O)CCCCCCCCCCCCCC/C=C\C/C=C\C/C=C\C/C=C\CC. The zero-order valence-corrected chi connectivity index (χ0v) is 47.2. The van der Waals surface area contributed by atoms with Gasteiger partial charge in [0.2, 0.25) is 0 Å². The molecule has 5 nitrogen and oxygen atoms in total. The highest BCUT2D eigenvalue weighted by Gasteiger charge is 2.16. The summed E-state index contributed by atoms with van der Waals surface area (Å²) < 4.78 is 10.7. The van der Waals surface area contributed by atoms with Gasteiger partial charge in [-0.15, -0.1) is 0 Å². The average molecular weight is 1000 g/mol. The van der Waals surface area contributed by atoms with E-state index in [4.69, 9.17) is 9.47 Å². The number of unbranched alkanes of at least 4 members (excludes halogenated alkanes) is 29. The first-order chi connectivity index (χ1) is 35.6. The van der Waals surface area contributed by atoms with E-state index in [1.165, 1.54) is 161 Å². The predicted octanol–water partition coefficient (Wildman–Crippen LogP) is 20.9. The van der Waals surface area contributed by atoms with Crippen molar-refractivity contribution in [2.24, 2.45) is 0 Å². The predicted molar refractivity (Wildman–Crippen MR) is 315 cm³/mol. The van der Waals surface area contributed by atoms with Crippen molar-refractivity contribution in [3.8, 4) is 0 Å². The van der Waals surface area contributed by atoms with E-state index in [2.05, 4.69) is 123 Å². The monoisotopic (exact) mass is 999 g/mol. The Morgan fingerprint density at radius 3 is 0.833 bits per heavy atom. The molecule has 0 radical (unpaired) electrons. The minimum atomic E-state index is -0.779. The summed E-state index contributed by atoms with van der Waals surface area (Å²) in [6.07, 6.45) is 89.3. The van der Waals surface area contributed by atoms with Crippen LogP contribution in [0.5, 0.6) is 0 Å². The molecule has 0 saturated carbocycles. The van der Waals surface area contributed by atoms with Crippen molar-refractivity contribution in [3.05, 3.63) is 109 Å². The number of rotatable bonds is 55. The minimum Gasteiger partial charge on any atom is -0.462 e. The molecule has 0 amide bonds. The number of hydrogen-bond donors (Lipinski definition) is 1. The summed E-state index contributed by atoms with van der Waals surface area (Å²) in [5.74, 6) is -0.587. The molecule has 0 aliphatic rings. The first-order valence-electron chi connectivity index (χ1n) is 30.4.